The molecule has 0 aliphatic heterocycles. The number of nitrogens with zero attached hydrogens (tertiary/aromatic N) is 4. The maximum Gasteiger partial charge on any atom is 0.274 e. The summed E-state index contributed by atoms with van der Waals surface area (Å²) in [4.78, 5) is 22.1. The van der Waals surface area contributed by atoms with Gasteiger partial charge in [0.15, 0.2) is 0 Å². The lowest BCUT2D eigenvalue weighted by Gasteiger charge is -2.39. The van der Waals surface area contributed by atoms with Crippen LogP contribution < -0.4 is 5.32 Å². The molecule has 10 heteroatoms. The Labute approximate surface area is 231 Å². The van der Waals surface area contributed by atoms with Gasteiger partial charge in [0.05, 0.1) is 17.0 Å². The van der Waals surface area contributed by atoms with Gasteiger partial charge in [0, 0.05) is 44.0 Å². The average molecular weight is 552 g/mol. The van der Waals surface area contributed by atoms with E-state index in [2.05, 4.69) is 27.1 Å². The summed E-state index contributed by atoms with van der Waals surface area (Å²) in [6.45, 7) is 0. The Morgan fingerprint density at radius 1 is 1.05 bits per heavy atom. The second kappa shape index (κ2) is 9.47. The minimum Gasteiger partial charge on any atom is -0.378 e. The summed E-state index contributed by atoms with van der Waals surface area (Å²) in [6, 6.07) is 4.06. The van der Waals surface area contributed by atoms with Crippen molar-refractivity contribution < 1.29 is 19.4 Å². The van der Waals surface area contributed by atoms with Crippen LogP contribution >= 0.6 is 11.6 Å². The fourth-order valence-electron chi connectivity index (χ4n) is 6.82. The standard InChI is InChI=1S/C29H31ClFN5O3/c1-35-8-7-32-26(35)20-14-29(39,15-20)6-5-28(38)12-18-9-17(10-19(18)13-28)24-25(36(2)16-33-24)27(37)34-21-3-4-23(31)22(30)11-21/h3-4,7-8,11,16-20,38-39H,9-10,12-15H2,1-2H3,(H,34,37). The molecule has 204 valence electrons. The molecule has 6 rings (SSSR count). The number of carbonyl (C=O) groups is 1. The first-order valence-electron chi connectivity index (χ1n) is 13.3. The van der Waals surface area contributed by atoms with Crippen LogP contribution in [0.5, 0.6) is 0 Å². The van der Waals surface area contributed by atoms with Crippen molar-refractivity contribution >= 4 is 23.2 Å². The summed E-state index contributed by atoms with van der Waals surface area (Å²) in [5.74, 6) is 6.90. The Morgan fingerprint density at radius 3 is 2.33 bits per heavy atom. The third-order valence-electron chi connectivity index (χ3n) is 8.71. The molecule has 0 bridgehead atoms. The number of benzene rings is 1. The number of hydrogen-bond donors (Lipinski definition) is 3. The molecule has 2 aromatic heterocycles. The van der Waals surface area contributed by atoms with Gasteiger partial charge >= 0.3 is 0 Å². The van der Waals surface area contributed by atoms with E-state index < -0.39 is 17.0 Å². The lowest BCUT2D eigenvalue weighted by atomic mass is 9.70. The highest BCUT2D eigenvalue weighted by Gasteiger charge is 2.50. The highest BCUT2D eigenvalue weighted by molar-refractivity contribution is 6.31. The Morgan fingerprint density at radius 2 is 1.72 bits per heavy atom. The number of hydrogen-bond acceptors (Lipinski definition) is 5. The molecule has 8 nitrogen and oxygen atoms in total. The van der Waals surface area contributed by atoms with E-state index in [-0.39, 0.29) is 34.6 Å². The number of imidazole rings is 2. The van der Waals surface area contributed by atoms with Gasteiger partial charge in [-0.15, -0.1) is 0 Å². The molecule has 0 radical (unpaired) electrons. The number of nitrogens with one attached hydrogen (secondary N) is 1. The van der Waals surface area contributed by atoms with E-state index in [4.69, 9.17) is 11.6 Å². The molecule has 2 unspecified atom stereocenters. The van der Waals surface area contributed by atoms with Crippen molar-refractivity contribution in [2.45, 2.75) is 61.6 Å². The molecule has 3 N–H and O–H groups in total. The normalized spacial score (nSPS) is 31.3. The minimum absolute atomic E-state index is 0.0606. The van der Waals surface area contributed by atoms with E-state index in [1.54, 1.807) is 24.1 Å². The minimum atomic E-state index is -1.11. The van der Waals surface area contributed by atoms with Gasteiger partial charge in [-0.1, -0.05) is 23.4 Å². The molecule has 1 amide bonds. The topological polar surface area (TPSA) is 105 Å². The quantitative estimate of drug-likeness (QED) is 0.423. The van der Waals surface area contributed by atoms with Crippen LogP contribution in [-0.2, 0) is 14.1 Å². The maximum atomic E-state index is 13.5. The number of anilines is 1. The smallest absolute Gasteiger partial charge is 0.274 e. The molecule has 2 heterocycles. The zero-order valence-electron chi connectivity index (χ0n) is 21.9. The van der Waals surface area contributed by atoms with Gasteiger partial charge in [-0.05, 0) is 68.6 Å². The van der Waals surface area contributed by atoms with Gasteiger partial charge in [-0.2, -0.15) is 0 Å². The first-order chi connectivity index (χ1) is 18.5. The van der Waals surface area contributed by atoms with Crippen molar-refractivity contribution in [3.63, 3.8) is 0 Å². The van der Waals surface area contributed by atoms with Gasteiger partial charge in [0.1, 0.15) is 28.5 Å². The largest absolute Gasteiger partial charge is 0.378 e. The SMILES string of the molecule is Cn1ccnc1C1CC(O)(C#CC2(O)CC3CC(c4ncn(C)c4C(=O)Nc4ccc(F)c(Cl)c4)CC3C2)C1. The van der Waals surface area contributed by atoms with Crippen molar-refractivity contribution in [2.75, 3.05) is 5.32 Å². The molecule has 39 heavy (non-hydrogen) atoms. The number of fused-ring (bicyclic) bond motifs is 1. The van der Waals surface area contributed by atoms with E-state index >= 15 is 0 Å². The number of rotatable bonds is 4. The Kier molecular flexibility index (Phi) is 6.33. The summed E-state index contributed by atoms with van der Waals surface area (Å²) < 4.78 is 17.2. The molecule has 2 atom stereocenters. The lowest BCUT2D eigenvalue weighted by molar-refractivity contribution is 0.00163. The lowest BCUT2D eigenvalue weighted by Crippen LogP contribution is -2.42. The molecule has 1 aromatic carbocycles. The van der Waals surface area contributed by atoms with Crippen LogP contribution in [0.15, 0.2) is 36.9 Å². The summed E-state index contributed by atoms with van der Waals surface area (Å²) >= 11 is 5.87. The number of aliphatic hydroxyl groups is 2. The average Bonchev–Trinajstić information content (AvgIpc) is 3.61. The van der Waals surface area contributed by atoms with Crippen LogP contribution in [0.1, 0.15) is 72.4 Å². The monoisotopic (exact) mass is 551 g/mol. The van der Waals surface area contributed by atoms with Crippen LogP contribution in [0.3, 0.4) is 0 Å². The van der Waals surface area contributed by atoms with Crippen LogP contribution in [0.4, 0.5) is 10.1 Å². The second-order valence-electron chi connectivity index (χ2n) is 11.6. The van der Waals surface area contributed by atoms with Crippen molar-refractivity contribution in [3.05, 3.63) is 65.0 Å². The predicted octanol–water partition coefficient (Wildman–Crippen LogP) is 4.15. The fourth-order valence-corrected chi connectivity index (χ4v) is 7.00. The summed E-state index contributed by atoms with van der Waals surface area (Å²) in [6.07, 6.45) is 9.02. The molecular formula is C29H31ClFN5O3. The van der Waals surface area contributed by atoms with Gasteiger partial charge in [-0.3, -0.25) is 4.79 Å². The number of carbonyl (C=O) groups excluding carboxylic acids is 1. The van der Waals surface area contributed by atoms with Crippen LogP contribution in [0.25, 0.3) is 0 Å². The van der Waals surface area contributed by atoms with Gasteiger partial charge in [0.2, 0.25) is 0 Å². The third kappa shape index (κ3) is 4.86. The molecule has 3 aromatic rings. The zero-order chi connectivity index (χ0) is 27.5. The number of aryl methyl sites for hydroxylation is 2. The van der Waals surface area contributed by atoms with E-state index in [9.17, 15) is 19.4 Å². The van der Waals surface area contributed by atoms with Crippen LogP contribution in [0, 0.1) is 29.5 Å². The summed E-state index contributed by atoms with van der Waals surface area (Å²) in [5, 5.41) is 24.9. The molecule has 3 saturated carbocycles. The maximum absolute atomic E-state index is 13.5. The number of amides is 1. The fraction of sp³-hybridized carbons (Fsp3) is 0.483. The molecule has 3 aliphatic carbocycles. The van der Waals surface area contributed by atoms with Gasteiger partial charge in [0.25, 0.3) is 5.91 Å². The highest BCUT2D eigenvalue weighted by Crippen LogP contribution is 2.54. The van der Waals surface area contributed by atoms with Gasteiger partial charge < -0.3 is 24.7 Å². The second-order valence-corrected chi connectivity index (χ2v) is 12.0. The first-order valence-corrected chi connectivity index (χ1v) is 13.6. The number of halogens is 2. The third-order valence-corrected chi connectivity index (χ3v) is 8.99. The summed E-state index contributed by atoms with van der Waals surface area (Å²) in [5.41, 5.74) is -0.597. The van der Waals surface area contributed by atoms with Crippen LogP contribution in [-0.4, -0.2) is 46.4 Å². The predicted molar refractivity (Wildman–Crippen MR) is 144 cm³/mol. The Hall–Kier alpha value is -3.19. The Balaban J connectivity index is 1.10. The van der Waals surface area contributed by atoms with E-state index in [1.165, 1.54) is 18.2 Å². The van der Waals surface area contributed by atoms with Crippen molar-refractivity contribution in [1.82, 2.24) is 19.1 Å². The Bertz CT molecular complexity index is 1480. The van der Waals surface area contributed by atoms with Crippen molar-refractivity contribution in [2.24, 2.45) is 25.9 Å². The zero-order valence-corrected chi connectivity index (χ0v) is 22.6. The first kappa shape index (κ1) is 26.1. The van der Waals surface area contributed by atoms with E-state index in [0.29, 0.717) is 37.1 Å². The van der Waals surface area contributed by atoms with Crippen molar-refractivity contribution in [1.29, 1.82) is 0 Å². The molecule has 0 saturated heterocycles. The van der Waals surface area contributed by atoms with Crippen LogP contribution in [0.2, 0.25) is 5.02 Å². The molecule has 3 aliphatic rings. The molecular weight excluding hydrogens is 521 g/mol. The highest BCUT2D eigenvalue weighted by atomic mass is 35.5. The molecule has 3 fully saturated rings. The van der Waals surface area contributed by atoms with E-state index in [0.717, 1.165) is 24.4 Å². The van der Waals surface area contributed by atoms with Gasteiger partial charge in [-0.25, -0.2) is 14.4 Å². The number of aromatic nitrogens is 4. The molecule has 0 spiro atoms. The summed E-state index contributed by atoms with van der Waals surface area (Å²) in [7, 11) is 3.72. The van der Waals surface area contributed by atoms with Crippen molar-refractivity contribution in [3.8, 4) is 11.8 Å². The van der Waals surface area contributed by atoms with E-state index in [1.807, 2.05) is 17.8 Å².